The van der Waals surface area contributed by atoms with E-state index < -0.39 is 11.9 Å². The molecular weight excluding hydrogens is 520 g/mol. The highest BCUT2D eigenvalue weighted by atomic mass is 16.7. The predicted octanol–water partition coefficient (Wildman–Crippen LogP) is 6.34. The van der Waals surface area contributed by atoms with E-state index in [2.05, 4.69) is 12.1 Å². The minimum Gasteiger partial charge on any atom is -0.507 e. The summed E-state index contributed by atoms with van der Waals surface area (Å²) in [6, 6.07) is 21.5. The van der Waals surface area contributed by atoms with E-state index in [1.54, 1.807) is 6.07 Å². The Kier molecular flexibility index (Phi) is 6.54. The number of fused-ring (bicyclic) bond motifs is 6. The van der Waals surface area contributed by atoms with Crippen LogP contribution in [-0.2, 0) is 20.7 Å². The Morgan fingerprint density at radius 1 is 0.951 bits per heavy atom. The number of carbonyl (C=O) groups excluding carboxylic acids is 2. The number of phenols is 1. The largest absolute Gasteiger partial charge is 0.507 e. The van der Waals surface area contributed by atoms with E-state index in [9.17, 15) is 14.7 Å². The quantitative estimate of drug-likeness (QED) is 0.357. The summed E-state index contributed by atoms with van der Waals surface area (Å²) in [5.74, 6) is -0.655. The maximum atomic E-state index is 13.4. The molecule has 0 saturated carbocycles. The standard InChI is InChI=1S/C34H32O7/c35-26-18-28(22-10-5-2-6-11-22)39-33-31-23-16-25(17-24-12-7-13-30(37)38-24)40-34(20-23,15-14-21-8-3-1-4-9-21)41-29(31)19-27(36)32(26)33/h1-11,13,19,23-25,28,36H,12,14-18,20H2/t23-,24-,25+,28+,34-/m1/s1. The van der Waals surface area contributed by atoms with E-state index in [-0.39, 0.29) is 47.6 Å². The van der Waals surface area contributed by atoms with Crippen LogP contribution in [0.3, 0.4) is 0 Å². The molecule has 7 heteroatoms. The van der Waals surface area contributed by atoms with E-state index in [0.717, 1.165) is 17.5 Å². The number of hydrogen-bond acceptors (Lipinski definition) is 7. The maximum Gasteiger partial charge on any atom is 0.330 e. The number of benzene rings is 3. The molecule has 4 aliphatic rings. The molecule has 210 valence electrons. The van der Waals surface area contributed by atoms with Gasteiger partial charge in [0.15, 0.2) is 5.78 Å². The fourth-order valence-corrected chi connectivity index (χ4v) is 6.81. The van der Waals surface area contributed by atoms with Crippen LogP contribution in [0, 0.1) is 0 Å². The van der Waals surface area contributed by atoms with Crippen molar-refractivity contribution in [2.75, 3.05) is 0 Å². The van der Waals surface area contributed by atoms with Gasteiger partial charge < -0.3 is 24.1 Å². The van der Waals surface area contributed by atoms with Gasteiger partial charge in [0.25, 0.3) is 0 Å². The van der Waals surface area contributed by atoms with E-state index >= 15 is 0 Å². The van der Waals surface area contributed by atoms with Gasteiger partial charge in [-0.1, -0.05) is 66.7 Å². The van der Waals surface area contributed by atoms with Crippen molar-refractivity contribution in [3.05, 3.63) is 101 Å². The lowest BCUT2D eigenvalue weighted by Crippen LogP contribution is -2.51. The molecule has 1 N–H and O–H groups in total. The third-order valence-corrected chi connectivity index (χ3v) is 8.63. The summed E-state index contributed by atoms with van der Waals surface area (Å²) in [5, 5.41) is 11.0. The molecule has 1 fully saturated rings. The van der Waals surface area contributed by atoms with Gasteiger partial charge in [-0.15, -0.1) is 0 Å². The number of rotatable bonds is 6. The SMILES string of the molecule is O=C1C=CC[C@H](C[C@@H]2C[C@@H]3C[C@@](CCc4ccccc4)(Oc4cc(O)c5c(c43)O[C@H](c3ccccc3)CC5=O)O2)O1. The zero-order chi connectivity index (χ0) is 28.0. The molecule has 4 heterocycles. The highest BCUT2D eigenvalue weighted by Gasteiger charge is 2.51. The van der Waals surface area contributed by atoms with Crippen LogP contribution >= 0.6 is 0 Å². The summed E-state index contributed by atoms with van der Waals surface area (Å²) in [5.41, 5.74) is 3.13. The van der Waals surface area contributed by atoms with Gasteiger partial charge in [0.05, 0.1) is 12.5 Å². The molecule has 1 saturated heterocycles. The van der Waals surface area contributed by atoms with E-state index in [1.807, 2.05) is 54.6 Å². The minimum atomic E-state index is -0.927. The van der Waals surface area contributed by atoms with E-state index in [0.29, 0.717) is 43.6 Å². The summed E-state index contributed by atoms with van der Waals surface area (Å²) in [4.78, 5) is 25.3. The summed E-state index contributed by atoms with van der Waals surface area (Å²) in [7, 11) is 0. The second-order valence-corrected chi connectivity index (χ2v) is 11.5. The molecule has 5 atom stereocenters. The number of carbonyl (C=O) groups is 2. The van der Waals surface area contributed by atoms with Gasteiger partial charge in [-0.2, -0.15) is 0 Å². The van der Waals surface area contributed by atoms with Gasteiger partial charge in [-0.3, -0.25) is 4.79 Å². The lowest BCUT2D eigenvalue weighted by Gasteiger charge is -2.50. The number of aromatic hydroxyl groups is 1. The van der Waals surface area contributed by atoms with Crippen LogP contribution in [0.25, 0.3) is 0 Å². The fourth-order valence-electron chi connectivity index (χ4n) is 6.81. The van der Waals surface area contributed by atoms with Gasteiger partial charge in [-0.05, 0) is 29.9 Å². The minimum absolute atomic E-state index is 0.0280. The molecule has 4 aliphatic heterocycles. The first-order valence-electron chi connectivity index (χ1n) is 14.4. The highest BCUT2D eigenvalue weighted by molar-refractivity contribution is 6.03. The van der Waals surface area contributed by atoms with Crippen molar-refractivity contribution in [3.63, 3.8) is 0 Å². The molecule has 2 bridgehead atoms. The third kappa shape index (κ3) is 4.99. The average molecular weight is 553 g/mol. The monoisotopic (exact) mass is 552 g/mol. The summed E-state index contributed by atoms with van der Waals surface area (Å²) in [6.07, 6.45) is 6.32. The number of ketones is 1. The number of hydrogen-bond donors (Lipinski definition) is 1. The van der Waals surface area contributed by atoms with Crippen molar-refractivity contribution in [1.82, 2.24) is 0 Å². The molecule has 7 nitrogen and oxygen atoms in total. The average Bonchev–Trinajstić information content (AvgIpc) is 2.96. The van der Waals surface area contributed by atoms with Crippen LogP contribution in [0.2, 0.25) is 0 Å². The molecule has 0 spiro atoms. The Labute approximate surface area is 238 Å². The number of Topliss-reactive ketones (excluding diaryl/α,β-unsaturated/α-hetero) is 1. The van der Waals surface area contributed by atoms with Crippen molar-refractivity contribution in [1.29, 1.82) is 0 Å². The fraction of sp³-hybridized carbons (Fsp3) is 0.353. The molecule has 0 radical (unpaired) electrons. The number of phenolic OH excluding ortho intramolecular Hbond substituents is 1. The molecule has 7 rings (SSSR count). The van der Waals surface area contributed by atoms with Crippen LogP contribution in [0.1, 0.15) is 77.6 Å². The Morgan fingerprint density at radius 3 is 2.51 bits per heavy atom. The van der Waals surface area contributed by atoms with Crippen LogP contribution in [0.4, 0.5) is 0 Å². The molecular formula is C34H32O7. The zero-order valence-corrected chi connectivity index (χ0v) is 22.7. The van der Waals surface area contributed by atoms with Crippen molar-refractivity contribution >= 4 is 11.8 Å². The van der Waals surface area contributed by atoms with Gasteiger partial charge in [0.1, 0.15) is 35.0 Å². The zero-order valence-electron chi connectivity index (χ0n) is 22.7. The lowest BCUT2D eigenvalue weighted by atomic mass is 9.77. The van der Waals surface area contributed by atoms with Crippen molar-refractivity contribution in [2.45, 2.75) is 75.0 Å². The second kappa shape index (κ2) is 10.4. The number of cyclic esters (lactones) is 1. The normalized spacial score (nSPS) is 28.1. The molecule has 3 aromatic carbocycles. The van der Waals surface area contributed by atoms with Crippen molar-refractivity contribution in [2.24, 2.45) is 0 Å². The second-order valence-electron chi connectivity index (χ2n) is 11.5. The predicted molar refractivity (Wildman–Crippen MR) is 150 cm³/mol. The highest BCUT2D eigenvalue weighted by Crippen LogP contribution is 2.57. The Bertz CT molecular complexity index is 1500. The van der Waals surface area contributed by atoms with Gasteiger partial charge >= 0.3 is 5.97 Å². The Balaban J connectivity index is 1.25. The topological polar surface area (TPSA) is 91.3 Å². The van der Waals surface area contributed by atoms with Crippen LogP contribution in [0.5, 0.6) is 17.2 Å². The number of ether oxygens (including phenoxy) is 4. The maximum absolute atomic E-state index is 13.4. The van der Waals surface area contributed by atoms with Gasteiger partial charge in [-0.25, -0.2) is 4.79 Å². The van der Waals surface area contributed by atoms with Gasteiger partial charge in [0, 0.05) is 43.4 Å². The van der Waals surface area contributed by atoms with Crippen molar-refractivity contribution in [3.8, 4) is 17.2 Å². The summed E-state index contributed by atoms with van der Waals surface area (Å²) in [6.45, 7) is 0. The molecule has 0 unspecified atom stereocenters. The first kappa shape index (κ1) is 25.8. The summed E-state index contributed by atoms with van der Waals surface area (Å²) < 4.78 is 25.5. The van der Waals surface area contributed by atoms with Crippen molar-refractivity contribution < 1.29 is 33.6 Å². The van der Waals surface area contributed by atoms with E-state index in [4.69, 9.17) is 18.9 Å². The first-order valence-corrected chi connectivity index (χ1v) is 14.4. The summed E-state index contributed by atoms with van der Waals surface area (Å²) >= 11 is 0. The van der Waals surface area contributed by atoms with Crippen LogP contribution in [0.15, 0.2) is 78.9 Å². The first-order chi connectivity index (χ1) is 20.0. The Hall–Kier alpha value is -4.10. The van der Waals surface area contributed by atoms with Crippen LogP contribution < -0.4 is 9.47 Å². The smallest absolute Gasteiger partial charge is 0.330 e. The molecule has 3 aromatic rings. The molecule has 0 aliphatic carbocycles. The number of aryl methyl sites for hydroxylation is 1. The lowest BCUT2D eigenvalue weighted by molar-refractivity contribution is -0.257. The van der Waals surface area contributed by atoms with E-state index in [1.165, 1.54) is 11.6 Å². The molecule has 41 heavy (non-hydrogen) atoms. The Morgan fingerprint density at radius 2 is 1.73 bits per heavy atom. The van der Waals surface area contributed by atoms with Gasteiger partial charge in [0.2, 0.25) is 5.79 Å². The molecule has 0 amide bonds. The van der Waals surface area contributed by atoms with Crippen LogP contribution in [-0.4, -0.2) is 34.9 Å². The number of esters is 1. The molecule has 0 aromatic heterocycles. The third-order valence-electron chi connectivity index (χ3n) is 8.63.